The first-order valence-corrected chi connectivity index (χ1v) is 9.80. The number of rotatable bonds is 7. The number of carboxylic acid groups (broad SMARTS) is 1. The number of hydrogen-bond donors (Lipinski definition) is 1. The Morgan fingerprint density at radius 2 is 1.68 bits per heavy atom. The predicted octanol–water partition coefficient (Wildman–Crippen LogP) is 0.747. The fourth-order valence-corrected chi connectivity index (χ4v) is 4.22. The first kappa shape index (κ1) is 17.5. The molecule has 0 bridgehead atoms. The van der Waals surface area contributed by atoms with E-state index in [0.717, 1.165) is 4.90 Å². The van der Waals surface area contributed by atoms with E-state index >= 15 is 0 Å². The van der Waals surface area contributed by atoms with Crippen molar-refractivity contribution < 1.29 is 43.9 Å². The van der Waals surface area contributed by atoms with Crippen LogP contribution in [0.1, 0.15) is 20.9 Å². The molecule has 0 spiro atoms. The monoisotopic (exact) mass is 468 g/mol. The van der Waals surface area contributed by atoms with Crippen molar-refractivity contribution in [1.29, 1.82) is 0 Å². The Bertz CT molecular complexity index is 883. The van der Waals surface area contributed by atoms with Crippen LogP contribution in [0.3, 0.4) is 0 Å². The predicted molar refractivity (Wildman–Crippen MR) is 85.4 cm³/mol. The summed E-state index contributed by atoms with van der Waals surface area (Å²) in [5, 5.41) is 12.9. The maximum absolute atomic E-state index is 12.2. The van der Waals surface area contributed by atoms with Crippen molar-refractivity contribution >= 4 is 21.5 Å². The van der Waals surface area contributed by atoms with Crippen LogP contribution in [0.15, 0.2) is 75.0 Å². The van der Waals surface area contributed by atoms with Gasteiger partial charge in [-0.3, -0.25) is 0 Å². The Labute approximate surface area is 158 Å². The van der Waals surface area contributed by atoms with Gasteiger partial charge in [0.1, 0.15) is 0 Å². The van der Waals surface area contributed by atoms with Gasteiger partial charge < -0.3 is 0 Å². The van der Waals surface area contributed by atoms with Crippen molar-refractivity contribution in [1.82, 2.24) is 5.16 Å². The Morgan fingerprint density at radius 3 is 2.32 bits per heavy atom. The summed E-state index contributed by atoms with van der Waals surface area (Å²) >= 11 is -0.195. The van der Waals surface area contributed by atoms with Crippen molar-refractivity contribution in [2.24, 2.45) is 0 Å². The van der Waals surface area contributed by atoms with Crippen LogP contribution in [0, 0.1) is 0 Å². The van der Waals surface area contributed by atoms with Gasteiger partial charge in [-0.1, -0.05) is 0 Å². The second-order valence-electron chi connectivity index (χ2n) is 4.66. The molecule has 3 aromatic rings. The van der Waals surface area contributed by atoms with E-state index in [-0.39, 0.29) is 20.3 Å². The minimum absolute atomic E-state index is 0.0309. The number of carbonyl (C=O) groups is 2. The molecule has 0 amide bonds. The average molecular weight is 468 g/mol. The summed E-state index contributed by atoms with van der Waals surface area (Å²) in [6.45, 7) is 0. The first-order chi connectivity index (χ1) is 12.1. The van der Waals surface area contributed by atoms with Crippen LogP contribution in [0.25, 0.3) is 0 Å². The molecule has 0 aliphatic carbocycles. The zero-order chi connectivity index (χ0) is 17.6. The molecule has 128 valence electrons. The maximum atomic E-state index is 12.2. The Hall–Kier alpha value is -2.33. The number of nitrogens with zero attached hydrogens (tertiary/aromatic N) is 1. The van der Waals surface area contributed by atoms with Crippen molar-refractivity contribution in [3.63, 3.8) is 0 Å². The molecule has 0 aliphatic rings. The van der Waals surface area contributed by atoms with E-state index < -0.39 is 27.6 Å². The summed E-state index contributed by atoms with van der Waals surface area (Å²) < 4.78 is 10.3. The van der Waals surface area contributed by atoms with E-state index in [2.05, 4.69) is 5.16 Å². The van der Waals surface area contributed by atoms with Gasteiger partial charge in [-0.25, -0.2) is 0 Å². The summed E-state index contributed by atoms with van der Waals surface area (Å²) in [6.07, 6.45) is 0. The van der Waals surface area contributed by atoms with E-state index in [1.54, 1.807) is 24.3 Å². The third kappa shape index (κ3) is 4.40. The van der Waals surface area contributed by atoms with Crippen LogP contribution < -0.4 is 24.7 Å². The minimum atomic E-state index is -1.36. The molecule has 1 N–H and O–H groups in total. The molecule has 3 rings (SSSR count). The molecular weight excluding hydrogens is 457 g/mol. The van der Waals surface area contributed by atoms with Crippen LogP contribution >= 0.6 is 11.8 Å². The number of carbonyl (C=O) groups excluding carboxylic acids is 1. The topological polar surface area (TPSA) is 89.6 Å². The summed E-state index contributed by atoms with van der Waals surface area (Å²) in [4.78, 5) is 24.6. The average Bonchev–Trinajstić information content (AvgIpc) is 3.04. The van der Waals surface area contributed by atoms with E-state index in [0.29, 0.717) is 5.56 Å². The fourth-order valence-electron chi connectivity index (χ4n) is 1.83. The standard InChI is InChI=1S/C17H11INO5S/c20-15(11-7-3-1-4-8-11)18-23-16-14(13(17(21)22)24-19-16)25-12-9-5-2-6-10-12/h1-10H,(H,21,22)/q-1. The molecule has 0 unspecified atom stereocenters. The number of halogens is 1. The third-order valence-corrected chi connectivity index (χ3v) is 5.69. The molecule has 1 heterocycles. The van der Waals surface area contributed by atoms with Gasteiger partial charge in [0.05, 0.1) is 0 Å². The molecule has 0 saturated heterocycles. The molecule has 1 aromatic heterocycles. The van der Waals surface area contributed by atoms with Crippen molar-refractivity contribution in [2.45, 2.75) is 9.79 Å². The second-order valence-corrected chi connectivity index (χ2v) is 7.60. The zero-order valence-corrected chi connectivity index (χ0v) is 15.6. The number of aromatic carboxylic acids is 1. The Balaban J connectivity index is 1.79. The molecule has 0 fully saturated rings. The molecule has 0 radical (unpaired) electrons. The van der Waals surface area contributed by atoms with Crippen LogP contribution in [0.2, 0.25) is 0 Å². The fraction of sp³-hybridized carbons (Fsp3) is 0. The van der Waals surface area contributed by atoms with E-state index in [1.165, 1.54) is 11.8 Å². The van der Waals surface area contributed by atoms with E-state index in [1.807, 2.05) is 36.4 Å². The molecule has 25 heavy (non-hydrogen) atoms. The van der Waals surface area contributed by atoms with Crippen molar-refractivity contribution in [3.05, 3.63) is 72.0 Å². The second kappa shape index (κ2) is 8.17. The number of hydrogen-bond acceptors (Lipinski definition) is 6. The van der Waals surface area contributed by atoms with Crippen LogP contribution in [-0.4, -0.2) is 20.0 Å². The zero-order valence-electron chi connectivity index (χ0n) is 12.6. The van der Waals surface area contributed by atoms with Gasteiger partial charge in [0.2, 0.25) is 0 Å². The SMILES string of the molecule is O=C([I-]Oc1noc(C(=O)O)c1Sc1ccccc1)c1ccccc1. The van der Waals surface area contributed by atoms with E-state index in [4.69, 9.17) is 7.59 Å². The molecule has 0 atom stereocenters. The van der Waals surface area contributed by atoms with Gasteiger partial charge in [0.15, 0.2) is 0 Å². The van der Waals surface area contributed by atoms with Gasteiger partial charge in [0, 0.05) is 0 Å². The van der Waals surface area contributed by atoms with Gasteiger partial charge in [-0.15, -0.1) is 0 Å². The van der Waals surface area contributed by atoms with Gasteiger partial charge in [-0.2, -0.15) is 0 Å². The number of carboxylic acids is 1. The van der Waals surface area contributed by atoms with Crippen LogP contribution in [-0.2, 0) is 0 Å². The van der Waals surface area contributed by atoms with Gasteiger partial charge in [0.25, 0.3) is 0 Å². The van der Waals surface area contributed by atoms with Crippen LogP contribution in [0.5, 0.6) is 5.88 Å². The molecule has 6 nitrogen and oxygen atoms in total. The summed E-state index contributed by atoms with van der Waals surface area (Å²) in [5.41, 5.74) is 0.550. The van der Waals surface area contributed by atoms with Crippen LogP contribution in [0.4, 0.5) is 0 Å². The molecule has 8 heteroatoms. The summed E-state index contributed by atoms with van der Waals surface area (Å²) in [6, 6.07) is 18.0. The van der Waals surface area contributed by atoms with Gasteiger partial charge in [-0.05, 0) is 0 Å². The normalized spacial score (nSPS) is 10.6. The van der Waals surface area contributed by atoms with Crippen molar-refractivity contribution in [2.75, 3.05) is 0 Å². The molecule has 2 aromatic carbocycles. The molecular formula is C17H11INO5S-. The number of benzene rings is 2. The summed E-state index contributed by atoms with van der Waals surface area (Å²) in [7, 11) is 0. The quantitative estimate of drug-likeness (QED) is 0.405. The summed E-state index contributed by atoms with van der Waals surface area (Å²) in [5.74, 6) is -1.52. The first-order valence-electron chi connectivity index (χ1n) is 7.02. The van der Waals surface area contributed by atoms with Gasteiger partial charge >= 0.3 is 158 Å². The Kier molecular flexibility index (Phi) is 5.71. The molecule has 0 saturated carbocycles. The number of aromatic nitrogens is 1. The Morgan fingerprint density at radius 1 is 1.04 bits per heavy atom. The molecule has 0 aliphatic heterocycles. The third-order valence-electron chi connectivity index (χ3n) is 2.96. The van der Waals surface area contributed by atoms with Crippen molar-refractivity contribution in [3.8, 4) is 5.88 Å². The van der Waals surface area contributed by atoms with E-state index in [9.17, 15) is 14.7 Å².